The largest absolute Gasteiger partial charge is 0.378 e. The summed E-state index contributed by atoms with van der Waals surface area (Å²) in [7, 11) is 1.89. The van der Waals surface area contributed by atoms with E-state index in [1.165, 1.54) is 51.4 Å². The first-order valence-electron chi connectivity index (χ1n) is 11.0. The fraction of sp³-hybridized carbons (Fsp3) is 0.952. The number of aliphatic imine (C=N–C) groups is 1. The Bertz CT molecular complexity index is 506. The molecular weight excluding hydrogens is 453 g/mol. The van der Waals surface area contributed by atoms with E-state index in [1.54, 1.807) is 0 Å². The van der Waals surface area contributed by atoms with Crippen molar-refractivity contribution in [2.75, 3.05) is 26.8 Å². The van der Waals surface area contributed by atoms with Crippen LogP contribution in [0.3, 0.4) is 0 Å². The molecule has 3 saturated carbocycles. The average molecular weight is 491 g/mol. The van der Waals surface area contributed by atoms with E-state index in [0.29, 0.717) is 29.6 Å². The Morgan fingerprint density at radius 2 is 2.00 bits per heavy atom. The van der Waals surface area contributed by atoms with Crippen molar-refractivity contribution in [2.24, 2.45) is 22.2 Å². The molecule has 156 valence electrons. The predicted octanol–water partition coefficient (Wildman–Crippen LogP) is 3.71. The first kappa shape index (κ1) is 21.6. The van der Waals surface area contributed by atoms with Crippen molar-refractivity contribution in [3.8, 4) is 0 Å². The highest BCUT2D eigenvalue weighted by molar-refractivity contribution is 14.0. The number of rotatable bonds is 7. The summed E-state index contributed by atoms with van der Waals surface area (Å²) in [5.74, 6) is 2.41. The van der Waals surface area contributed by atoms with Crippen LogP contribution < -0.4 is 10.6 Å². The van der Waals surface area contributed by atoms with Crippen LogP contribution in [0.1, 0.15) is 64.7 Å². The first-order chi connectivity index (χ1) is 12.8. The second kappa shape index (κ2) is 9.61. The third-order valence-electron chi connectivity index (χ3n) is 7.58. The summed E-state index contributed by atoms with van der Waals surface area (Å²) in [5, 5.41) is 7.33. The van der Waals surface area contributed by atoms with Gasteiger partial charge in [-0.25, -0.2) is 0 Å². The second-order valence-electron chi connectivity index (χ2n) is 8.78. The maximum atomic E-state index is 6.05. The Labute approximate surface area is 181 Å². The van der Waals surface area contributed by atoms with Gasteiger partial charge in [0, 0.05) is 44.2 Å². The van der Waals surface area contributed by atoms with Crippen molar-refractivity contribution >= 4 is 29.9 Å². The summed E-state index contributed by atoms with van der Waals surface area (Å²) < 4.78 is 12.1. The molecule has 4 aliphatic rings. The van der Waals surface area contributed by atoms with Crippen LogP contribution >= 0.6 is 24.0 Å². The van der Waals surface area contributed by atoms with E-state index in [0.717, 1.165) is 38.1 Å². The molecule has 3 aliphatic carbocycles. The van der Waals surface area contributed by atoms with Gasteiger partial charge in [-0.05, 0) is 51.4 Å². The molecule has 5 nitrogen and oxygen atoms in total. The van der Waals surface area contributed by atoms with Crippen LogP contribution in [-0.2, 0) is 9.47 Å². The number of fused-ring (bicyclic) bond motifs is 2. The van der Waals surface area contributed by atoms with E-state index < -0.39 is 0 Å². The van der Waals surface area contributed by atoms with Crippen LogP contribution in [0.2, 0.25) is 0 Å². The highest BCUT2D eigenvalue weighted by Gasteiger charge is 2.66. The van der Waals surface area contributed by atoms with Gasteiger partial charge in [-0.1, -0.05) is 19.3 Å². The number of nitrogens with zero attached hydrogens (tertiary/aromatic N) is 1. The van der Waals surface area contributed by atoms with Gasteiger partial charge >= 0.3 is 0 Å². The highest BCUT2D eigenvalue weighted by atomic mass is 127. The van der Waals surface area contributed by atoms with E-state index in [9.17, 15) is 0 Å². The van der Waals surface area contributed by atoms with Gasteiger partial charge in [0.15, 0.2) is 5.96 Å². The zero-order valence-corrected chi connectivity index (χ0v) is 19.4. The van der Waals surface area contributed by atoms with E-state index in [-0.39, 0.29) is 24.0 Å². The molecule has 0 amide bonds. The van der Waals surface area contributed by atoms with Gasteiger partial charge in [0.2, 0.25) is 0 Å². The Kier molecular flexibility index (Phi) is 7.70. The van der Waals surface area contributed by atoms with Crippen molar-refractivity contribution < 1.29 is 9.47 Å². The molecule has 1 spiro atoms. The number of hydrogen-bond acceptors (Lipinski definition) is 3. The molecule has 4 atom stereocenters. The third-order valence-corrected chi connectivity index (χ3v) is 7.58. The van der Waals surface area contributed by atoms with Gasteiger partial charge in [0.1, 0.15) is 0 Å². The SMILES string of the molecule is CCOC(CCNC(=NC)NC1C2CCOC2C12CCC2)C1CCCC1.I. The average Bonchev–Trinajstić information content (AvgIpc) is 3.26. The minimum absolute atomic E-state index is 0. The molecule has 0 aromatic rings. The molecule has 0 aromatic carbocycles. The van der Waals surface area contributed by atoms with E-state index >= 15 is 0 Å². The Morgan fingerprint density at radius 3 is 2.63 bits per heavy atom. The Hall–Kier alpha value is -0.0800. The zero-order valence-electron chi connectivity index (χ0n) is 17.0. The Balaban J connectivity index is 0.00000210. The van der Waals surface area contributed by atoms with E-state index in [2.05, 4.69) is 22.5 Å². The van der Waals surface area contributed by atoms with Crippen LogP contribution in [0.25, 0.3) is 0 Å². The van der Waals surface area contributed by atoms with Crippen molar-refractivity contribution in [3.05, 3.63) is 0 Å². The molecule has 4 rings (SSSR count). The van der Waals surface area contributed by atoms with Gasteiger partial charge in [0.05, 0.1) is 12.2 Å². The topological polar surface area (TPSA) is 54.9 Å². The van der Waals surface area contributed by atoms with Crippen molar-refractivity contribution in [2.45, 2.75) is 83.0 Å². The summed E-state index contributed by atoms with van der Waals surface area (Å²) in [6.45, 7) is 4.82. The van der Waals surface area contributed by atoms with Crippen molar-refractivity contribution in [3.63, 3.8) is 0 Å². The van der Waals surface area contributed by atoms with Gasteiger partial charge < -0.3 is 20.1 Å². The minimum atomic E-state index is 0. The number of hydrogen-bond donors (Lipinski definition) is 2. The second-order valence-corrected chi connectivity index (χ2v) is 8.78. The van der Waals surface area contributed by atoms with Crippen LogP contribution in [-0.4, -0.2) is 51.0 Å². The molecule has 0 radical (unpaired) electrons. The molecule has 6 heteroatoms. The van der Waals surface area contributed by atoms with Crippen molar-refractivity contribution in [1.29, 1.82) is 0 Å². The lowest BCUT2D eigenvalue weighted by molar-refractivity contribution is -0.171. The molecular formula is C21H38IN3O2. The van der Waals surface area contributed by atoms with Gasteiger partial charge in [0.25, 0.3) is 0 Å². The number of guanidine groups is 1. The normalized spacial score (nSPS) is 33.0. The molecule has 1 aliphatic heterocycles. The molecule has 0 aromatic heterocycles. The fourth-order valence-electron chi connectivity index (χ4n) is 6.13. The molecule has 1 saturated heterocycles. The summed E-state index contributed by atoms with van der Waals surface area (Å²) in [6, 6.07) is 0.549. The molecule has 1 heterocycles. The van der Waals surface area contributed by atoms with Gasteiger partial charge in [-0.3, -0.25) is 4.99 Å². The van der Waals surface area contributed by atoms with E-state index in [4.69, 9.17) is 9.47 Å². The van der Waals surface area contributed by atoms with Crippen LogP contribution in [0.5, 0.6) is 0 Å². The summed E-state index contributed by atoms with van der Waals surface area (Å²) in [6.07, 6.45) is 12.6. The maximum Gasteiger partial charge on any atom is 0.191 e. The lowest BCUT2D eigenvalue weighted by Gasteiger charge is -2.63. The summed E-state index contributed by atoms with van der Waals surface area (Å²) in [4.78, 5) is 4.50. The van der Waals surface area contributed by atoms with Crippen LogP contribution in [0.15, 0.2) is 4.99 Å². The quantitative estimate of drug-likeness (QED) is 0.324. The molecule has 2 N–H and O–H groups in total. The lowest BCUT2D eigenvalue weighted by Crippen LogP contribution is -2.72. The van der Waals surface area contributed by atoms with Gasteiger partial charge in [-0.2, -0.15) is 0 Å². The minimum Gasteiger partial charge on any atom is -0.378 e. The van der Waals surface area contributed by atoms with E-state index in [1.807, 2.05) is 7.05 Å². The number of ether oxygens (including phenoxy) is 2. The summed E-state index contributed by atoms with van der Waals surface area (Å²) in [5.41, 5.74) is 0.399. The molecule has 27 heavy (non-hydrogen) atoms. The fourth-order valence-corrected chi connectivity index (χ4v) is 6.13. The third kappa shape index (κ3) is 4.13. The smallest absolute Gasteiger partial charge is 0.191 e. The summed E-state index contributed by atoms with van der Waals surface area (Å²) >= 11 is 0. The highest BCUT2D eigenvalue weighted by Crippen LogP contribution is 2.62. The van der Waals surface area contributed by atoms with Crippen LogP contribution in [0, 0.1) is 17.3 Å². The maximum absolute atomic E-state index is 6.05. The predicted molar refractivity (Wildman–Crippen MR) is 120 cm³/mol. The van der Waals surface area contributed by atoms with Crippen LogP contribution in [0.4, 0.5) is 0 Å². The number of halogens is 1. The molecule has 4 unspecified atom stereocenters. The number of nitrogens with one attached hydrogen (secondary N) is 2. The van der Waals surface area contributed by atoms with Crippen molar-refractivity contribution in [1.82, 2.24) is 10.6 Å². The molecule has 0 bridgehead atoms. The standard InChI is InChI=1S/C21H37N3O2.HI/c1-3-25-17(15-7-4-5-8-15)9-13-23-20(22-2)24-18-16-10-14-26-19(16)21(18)11-6-12-21;/h15-19H,3-14H2,1-2H3,(H2,22,23,24);1H. The Morgan fingerprint density at radius 1 is 1.22 bits per heavy atom. The monoisotopic (exact) mass is 491 g/mol. The first-order valence-corrected chi connectivity index (χ1v) is 11.0. The lowest BCUT2D eigenvalue weighted by atomic mass is 9.46. The zero-order chi connectivity index (χ0) is 18.0. The van der Waals surface area contributed by atoms with Gasteiger partial charge in [-0.15, -0.1) is 24.0 Å². The molecule has 4 fully saturated rings.